The van der Waals surface area contributed by atoms with Crippen molar-refractivity contribution in [3.05, 3.63) is 71.8 Å². The summed E-state index contributed by atoms with van der Waals surface area (Å²) in [5.74, 6) is -1.18. The summed E-state index contributed by atoms with van der Waals surface area (Å²) in [4.78, 5) is 26.4. The van der Waals surface area contributed by atoms with Gasteiger partial charge >= 0.3 is 0 Å². The van der Waals surface area contributed by atoms with Crippen LogP contribution in [0.25, 0.3) is 10.8 Å². The number of aromatic hydroxyl groups is 1. The van der Waals surface area contributed by atoms with E-state index in [1.807, 2.05) is 49.3 Å². The van der Waals surface area contributed by atoms with E-state index in [2.05, 4.69) is 10.9 Å². The number of nitrogens with one attached hydrogen (secondary N) is 2. The van der Waals surface area contributed by atoms with Crippen LogP contribution in [-0.4, -0.2) is 31.0 Å². The predicted octanol–water partition coefficient (Wildman–Crippen LogP) is 2.69. The zero-order chi connectivity index (χ0) is 18.7. The maximum absolute atomic E-state index is 12.3. The van der Waals surface area contributed by atoms with E-state index >= 15 is 0 Å². The average Bonchev–Trinajstić information content (AvgIpc) is 2.65. The summed E-state index contributed by atoms with van der Waals surface area (Å²) >= 11 is 0. The van der Waals surface area contributed by atoms with Gasteiger partial charge in [0, 0.05) is 25.3 Å². The molecule has 0 aromatic heterocycles. The van der Waals surface area contributed by atoms with Gasteiger partial charge in [0.05, 0.1) is 5.56 Å². The molecule has 0 saturated heterocycles. The lowest BCUT2D eigenvalue weighted by atomic mass is 10.1. The number of carbonyl (C=O) groups excluding carboxylic acids is 2. The summed E-state index contributed by atoms with van der Waals surface area (Å²) in [7, 11) is 3.75. The van der Waals surface area contributed by atoms with E-state index in [0.29, 0.717) is 5.56 Å². The first-order valence-corrected chi connectivity index (χ1v) is 8.05. The van der Waals surface area contributed by atoms with Gasteiger partial charge < -0.3 is 10.0 Å². The SMILES string of the molecule is CN(C)c1cccc(C(=O)NNC(=O)c2cc3ccccc3cc2O)c1. The molecular weight excluding hydrogens is 330 g/mol. The predicted molar refractivity (Wildman–Crippen MR) is 101 cm³/mol. The van der Waals surface area contributed by atoms with Crippen LogP contribution in [-0.2, 0) is 0 Å². The van der Waals surface area contributed by atoms with E-state index < -0.39 is 11.8 Å². The molecule has 0 heterocycles. The van der Waals surface area contributed by atoms with Crippen LogP contribution in [0.3, 0.4) is 0 Å². The number of carbonyl (C=O) groups is 2. The van der Waals surface area contributed by atoms with Crippen molar-refractivity contribution in [2.24, 2.45) is 0 Å². The van der Waals surface area contributed by atoms with Crippen molar-refractivity contribution >= 4 is 28.3 Å². The van der Waals surface area contributed by atoms with E-state index in [9.17, 15) is 14.7 Å². The van der Waals surface area contributed by atoms with Gasteiger partial charge in [-0.3, -0.25) is 20.4 Å². The molecule has 0 spiro atoms. The molecule has 3 aromatic carbocycles. The molecule has 26 heavy (non-hydrogen) atoms. The monoisotopic (exact) mass is 349 g/mol. The molecule has 2 amide bonds. The Hall–Kier alpha value is -3.54. The summed E-state index contributed by atoms with van der Waals surface area (Å²) in [5, 5.41) is 11.7. The number of amides is 2. The second-order valence-electron chi connectivity index (χ2n) is 6.07. The highest BCUT2D eigenvalue weighted by atomic mass is 16.3. The Morgan fingerprint density at radius 2 is 1.50 bits per heavy atom. The minimum atomic E-state index is -0.592. The number of fused-ring (bicyclic) bond motifs is 1. The first-order valence-electron chi connectivity index (χ1n) is 8.05. The molecule has 0 aliphatic rings. The maximum atomic E-state index is 12.3. The van der Waals surface area contributed by atoms with Gasteiger partial charge in [0.25, 0.3) is 11.8 Å². The molecule has 3 rings (SSSR count). The van der Waals surface area contributed by atoms with Crippen molar-refractivity contribution in [1.82, 2.24) is 10.9 Å². The first kappa shape index (κ1) is 17.3. The summed E-state index contributed by atoms with van der Waals surface area (Å²) in [6.45, 7) is 0. The molecule has 0 radical (unpaired) electrons. The minimum absolute atomic E-state index is 0.0889. The molecule has 0 bridgehead atoms. The number of phenolic OH excluding ortho intramolecular Hbond substituents is 1. The van der Waals surface area contributed by atoms with Crippen LogP contribution < -0.4 is 15.8 Å². The lowest BCUT2D eigenvalue weighted by molar-refractivity contribution is 0.0845. The number of hydrogen-bond acceptors (Lipinski definition) is 4. The van der Waals surface area contributed by atoms with Crippen molar-refractivity contribution < 1.29 is 14.7 Å². The number of anilines is 1. The third-order valence-electron chi connectivity index (χ3n) is 4.02. The van der Waals surface area contributed by atoms with Crippen LogP contribution in [0.2, 0.25) is 0 Å². The largest absolute Gasteiger partial charge is 0.507 e. The van der Waals surface area contributed by atoms with Crippen molar-refractivity contribution in [2.75, 3.05) is 19.0 Å². The van der Waals surface area contributed by atoms with Crippen LogP contribution in [0.1, 0.15) is 20.7 Å². The molecule has 0 aliphatic heterocycles. The smallest absolute Gasteiger partial charge is 0.273 e. The fourth-order valence-electron chi connectivity index (χ4n) is 2.59. The number of hydrazine groups is 1. The standard InChI is InChI=1S/C20H19N3O3/c1-23(2)16-9-5-8-15(10-16)19(25)21-22-20(26)17-11-13-6-3-4-7-14(13)12-18(17)24/h3-12,24H,1-2H3,(H,21,25)(H,22,26). The van der Waals surface area contributed by atoms with Gasteiger partial charge in [-0.15, -0.1) is 0 Å². The Balaban J connectivity index is 1.73. The zero-order valence-electron chi connectivity index (χ0n) is 14.5. The number of nitrogens with zero attached hydrogens (tertiary/aromatic N) is 1. The molecule has 3 N–H and O–H groups in total. The fraction of sp³-hybridized carbons (Fsp3) is 0.100. The van der Waals surface area contributed by atoms with E-state index in [-0.39, 0.29) is 11.3 Å². The molecule has 0 unspecified atom stereocenters. The topological polar surface area (TPSA) is 81.7 Å². The van der Waals surface area contributed by atoms with Gasteiger partial charge in [0.15, 0.2) is 0 Å². The van der Waals surface area contributed by atoms with Crippen molar-refractivity contribution in [3.8, 4) is 5.75 Å². The van der Waals surface area contributed by atoms with Crippen molar-refractivity contribution in [3.63, 3.8) is 0 Å². The van der Waals surface area contributed by atoms with Gasteiger partial charge in [-0.25, -0.2) is 0 Å². The highest BCUT2D eigenvalue weighted by Gasteiger charge is 2.14. The average molecular weight is 349 g/mol. The lowest BCUT2D eigenvalue weighted by Gasteiger charge is -2.14. The third-order valence-corrected chi connectivity index (χ3v) is 4.02. The Bertz CT molecular complexity index is 983. The maximum Gasteiger partial charge on any atom is 0.273 e. The Kier molecular flexibility index (Phi) is 4.75. The normalized spacial score (nSPS) is 10.4. The van der Waals surface area contributed by atoms with Gasteiger partial charge in [-0.1, -0.05) is 30.3 Å². The summed E-state index contributed by atoms with van der Waals surface area (Å²) in [6.07, 6.45) is 0. The number of hydrogen-bond donors (Lipinski definition) is 3. The summed E-state index contributed by atoms with van der Waals surface area (Å²) in [5.41, 5.74) is 6.09. The zero-order valence-corrected chi connectivity index (χ0v) is 14.5. The number of rotatable bonds is 3. The Morgan fingerprint density at radius 3 is 2.19 bits per heavy atom. The van der Waals surface area contributed by atoms with Crippen LogP contribution in [0.4, 0.5) is 5.69 Å². The summed E-state index contributed by atoms with van der Waals surface area (Å²) < 4.78 is 0. The van der Waals surface area contributed by atoms with Crippen LogP contribution in [0.15, 0.2) is 60.7 Å². The lowest BCUT2D eigenvalue weighted by Crippen LogP contribution is -2.41. The van der Waals surface area contributed by atoms with Crippen LogP contribution in [0.5, 0.6) is 5.75 Å². The third kappa shape index (κ3) is 3.59. The van der Waals surface area contributed by atoms with Crippen LogP contribution >= 0.6 is 0 Å². The quantitative estimate of drug-likeness (QED) is 0.635. The minimum Gasteiger partial charge on any atom is -0.507 e. The van der Waals surface area contributed by atoms with Gasteiger partial charge in [-0.2, -0.15) is 0 Å². The highest BCUT2D eigenvalue weighted by Crippen LogP contribution is 2.24. The van der Waals surface area contributed by atoms with E-state index in [1.54, 1.807) is 24.3 Å². The Morgan fingerprint density at radius 1 is 0.846 bits per heavy atom. The molecule has 0 aliphatic carbocycles. The van der Waals surface area contributed by atoms with Gasteiger partial charge in [0.1, 0.15) is 5.75 Å². The second kappa shape index (κ2) is 7.14. The molecule has 3 aromatic rings. The van der Waals surface area contributed by atoms with Crippen molar-refractivity contribution in [1.29, 1.82) is 0 Å². The molecule has 6 nitrogen and oxygen atoms in total. The molecule has 0 saturated carbocycles. The number of phenols is 1. The van der Waals surface area contributed by atoms with Gasteiger partial charge in [-0.05, 0) is 41.1 Å². The first-order chi connectivity index (χ1) is 12.5. The molecule has 0 fully saturated rings. The number of benzene rings is 3. The van der Waals surface area contributed by atoms with E-state index in [4.69, 9.17) is 0 Å². The molecule has 6 heteroatoms. The molecule has 0 atom stereocenters. The highest BCUT2D eigenvalue weighted by molar-refractivity contribution is 6.03. The van der Waals surface area contributed by atoms with E-state index in [0.717, 1.165) is 16.5 Å². The van der Waals surface area contributed by atoms with E-state index in [1.165, 1.54) is 6.07 Å². The fourth-order valence-corrected chi connectivity index (χ4v) is 2.59. The van der Waals surface area contributed by atoms with Crippen LogP contribution in [0, 0.1) is 0 Å². The molecular formula is C20H19N3O3. The molecule has 132 valence electrons. The summed E-state index contributed by atoms with van der Waals surface area (Å²) in [6, 6.07) is 17.5. The second-order valence-corrected chi connectivity index (χ2v) is 6.07. The van der Waals surface area contributed by atoms with Gasteiger partial charge in [0.2, 0.25) is 0 Å². The Labute approximate surface area is 151 Å². The van der Waals surface area contributed by atoms with Crippen molar-refractivity contribution in [2.45, 2.75) is 0 Å².